The van der Waals surface area contributed by atoms with E-state index in [1.807, 2.05) is 13.0 Å². The molecule has 0 aliphatic rings. The third kappa shape index (κ3) is 3.84. The molecule has 0 saturated heterocycles. The third-order valence-electron chi connectivity index (χ3n) is 3.69. The summed E-state index contributed by atoms with van der Waals surface area (Å²) in [7, 11) is -2.66. The van der Waals surface area contributed by atoms with Crippen LogP contribution < -0.4 is 0 Å². The molecule has 2 unspecified atom stereocenters. The lowest BCUT2D eigenvalue weighted by Gasteiger charge is -2.28. The lowest BCUT2D eigenvalue weighted by molar-refractivity contribution is -0.142. The minimum absolute atomic E-state index is 0.00250. The van der Waals surface area contributed by atoms with Crippen LogP contribution in [0.3, 0.4) is 0 Å². The van der Waals surface area contributed by atoms with Gasteiger partial charge in [-0.15, -0.1) is 0 Å². The molecule has 0 aliphatic heterocycles. The van der Waals surface area contributed by atoms with E-state index in [1.165, 1.54) is 19.2 Å². The molecule has 1 N–H and O–H groups in total. The van der Waals surface area contributed by atoms with Gasteiger partial charge in [-0.1, -0.05) is 32.4 Å². The minimum atomic E-state index is -3.94. The summed E-state index contributed by atoms with van der Waals surface area (Å²) in [6.07, 6.45) is 0.645. The molecule has 0 radical (unpaired) electrons. The molecule has 0 heterocycles. The lowest BCUT2D eigenvalue weighted by Crippen LogP contribution is -2.46. The maximum Gasteiger partial charge on any atom is 0.322 e. The number of nitrogens with zero attached hydrogens (tertiary/aromatic N) is 2. The summed E-state index contributed by atoms with van der Waals surface area (Å²) < 4.78 is 26.2. The molecule has 0 amide bonds. The Morgan fingerprint density at radius 1 is 1.45 bits per heavy atom. The van der Waals surface area contributed by atoms with Crippen LogP contribution in [0.1, 0.15) is 25.8 Å². The summed E-state index contributed by atoms with van der Waals surface area (Å²) in [5, 5.41) is 18.0. The predicted octanol–water partition coefficient (Wildman–Crippen LogP) is 1.87. The number of likely N-dealkylation sites (N-methyl/N-ethyl adjacent to an activating group) is 1. The van der Waals surface area contributed by atoms with Gasteiger partial charge in [0.15, 0.2) is 0 Å². The summed E-state index contributed by atoms with van der Waals surface area (Å²) in [4.78, 5) is 11.4. The van der Waals surface area contributed by atoms with Gasteiger partial charge >= 0.3 is 5.97 Å². The van der Waals surface area contributed by atoms with Gasteiger partial charge in [-0.05, 0) is 23.6 Å². The van der Waals surface area contributed by atoms with Crippen LogP contribution in [-0.2, 0) is 21.2 Å². The molecule has 1 aromatic rings. The van der Waals surface area contributed by atoms with Gasteiger partial charge in [0.2, 0.25) is 10.0 Å². The SMILES string of the molecule is CCC(C)C(C(=O)O)N(C)S(=O)(=O)c1cccc(CC#N)c1. The fraction of sp³-hybridized carbons (Fsp3) is 0.467. The third-order valence-corrected chi connectivity index (χ3v) is 5.52. The standard InChI is InChI=1S/C15H20N2O4S/c1-4-11(2)14(15(18)19)17(3)22(20,21)13-7-5-6-12(10-13)8-9-16/h5-7,10-11,14H,4,8H2,1-3H3,(H,18,19). The number of hydrogen-bond acceptors (Lipinski definition) is 4. The molecule has 7 heteroatoms. The number of aliphatic carboxylic acids is 1. The highest BCUT2D eigenvalue weighted by Crippen LogP contribution is 2.23. The zero-order valence-corrected chi connectivity index (χ0v) is 13.7. The molecule has 6 nitrogen and oxygen atoms in total. The van der Waals surface area contributed by atoms with E-state index in [2.05, 4.69) is 0 Å². The average molecular weight is 324 g/mol. The molecule has 1 rings (SSSR count). The Balaban J connectivity index is 3.24. The monoisotopic (exact) mass is 324 g/mol. The molecule has 0 aromatic heterocycles. The highest BCUT2D eigenvalue weighted by molar-refractivity contribution is 7.89. The molecule has 1 aromatic carbocycles. The first-order valence-corrected chi connectivity index (χ1v) is 8.36. The van der Waals surface area contributed by atoms with Crippen LogP contribution >= 0.6 is 0 Å². The maximum absolute atomic E-state index is 12.6. The zero-order chi connectivity index (χ0) is 16.9. The van der Waals surface area contributed by atoms with Crippen LogP contribution in [0.25, 0.3) is 0 Å². The molecule has 0 saturated carbocycles. The molecule has 22 heavy (non-hydrogen) atoms. The second kappa shape index (κ2) is 7.38. The van der Waals surface area contributed by atoms with Gasteiger partial charge in [0, 0.05) is 7.05 Å². The number of carbonyl (C=O) groups is 1. The van der Waals surface area contributed by atoms with Gasteiger partial charge in [-0.3, -0.25) is 4.79 Å². The second-order valence-corrected chi connectivity index (χ2v) is 7.17. The van der Waals surface area contributed by atoms with Crippen LogP contribution in [0, 0.1) is 17.2 Å². The molecule has 0 fully saturated rings. The Bertz CT molecular complexity index is 679. The minimum Gasteiger partial charge on any atom is -0.480 e. The first kappa shape index (κ1) is 18.1. The second-order valence-electron chi connectivity index (χ2n) is 5.17. The number of carboxylic acid groups (broad SMARTS) is 1. The van der Waals surface area contributed by atoms with Crippen molar-refractivity contribution in [3.63, 3.8) is 0 Å². The number of rotatable bonds is 7. The average Bonchev–Trinajstić information content (AvgIpc) is 2.47. The Morgan fingerprint density at radius 2 is 2.09 bits per heavy atom. The van der Waals surface area contributed by atoms with E-state index in [4.69, 9.17) is 5.26 Å². The molecule has 120 valence electrons. The highest BCUT2D eigenvalue weighted by atomic mass is 32.2. The lowest BCUT2D eigenvalue weighted by atomic mass is 10.00. The topological polar surface area (TPSA) is 98.5 Å². The molecular weight excluding hydrogens is 304 g/mol. The molecular formula is C15H20N2O4S. The van der Waals surface area contributed by atoms with Crippen LogP contribution in [0.4, 0.5) is 0 Å². The smallest absolute Gasteiger partial charge is 0.322 e. The van der Waals surface area contributed by atoms with Crippen molar-refractivity contribution in [2.24, 2.45) is 5.92 Å². The van der Waals surface area contributed by atoms with Crippen LogP contribution in [0.5, 0.6) is 0 Å². The van der Waals surface area contributed by atoms with Gasteiger partial charge in [0.05, 0.1) is 17.4 Å². The number of benzene rings is 1. The summed E-state index contributed by atoms with van der Waals surface area (Å²) in [5.74, 6) is -1.49. The van der Waals surface area contributed by atoms with E-state index in [-0.39, 0.29) is 17.2 Å². The van der Waals surface area contributed by atoms with Crippen LogP contribution in [0.15, 0.2) is 29.2 Å². The zero-order valence-electron chi connectivity index (χ0n) is 12.9. The Morgan fingerprint density at radius 3 is 2.59 bits per heavy atom. The number of carboxylic acids is 1. The van der Waals surface area contributed by atoms with E-state index in [0.29, 0.717) is 12.0 Å². The predicted molar refractivity (Wildman–Crippen MR) is 81.6 cm³/mol. The van der Waals surface area contributed by atoms with Crippen LogP contribution in [-0.4, -0.2) is 36.9 Å². The Hall–Kier alpha value is -1.91. The van der Waals surface area contributed by atoms with Gasteiger partial charge in [0.1, 0.15) is 6.04 Å². The normalized spacial score (nSPS) is 14.3. The number of sulfonamides is 1. The van der Waals surface area contributed by atoms with Gasteiger partial charge in [0.25, 0.3) is 0 Å². The Kier molecular flexibility index (Phi) is 6.09. The van der Waals surface area contributed by atoms with E-state index >= 15 is 0 Å². The van der Waals surface area contributed by atoms with Crippen molar-refractivity contribution in [1.29, 1.82) is 5.26 Å². The van der Waals surface area contributed by atoms with Crippen molar-refractivity contribution in [3.05, 3.63) is 29.8 Å². The molecule has 0 bridgehead atoms. The van der Waals surface area contributed by atoms with Crippen molar-refractivity contribution in [1.82, 2.24) is 4.31 Å². The molecule has 0 spiro atoms. The van der Waals surface area contributed by atoms with E-state index in [1.54, 1.807) is 19.1 Å². The fourth-order valence-electron chi connectivity index (χ4n) is 2.20. The highest BCUT2D eigenvalue weighted by Gasteiger charge is 2.36. The van der Waals surface area contributed by atoms with Crippen molar-refractivity contribution in [2.75, 3.05) is 7.05 Å². The maximum atomic E-state index is 12.6. The number of nitriles is 1. The fourth-order valence-corrected chi connectivity index (χ4v) is 3.68. The van der Waals surface area contributed by atoms with E-state index in [0.717, 1.165) is 4.31 Å². The molecule has 0 aliphatic carbocycles. The van der Waals surface area contributed by atoms with E-state index < -0.39 is 22.0 Å². The van der Waals surface area contributed by atoms with Crippen LogP contribution in [0.2, 0.25) is 0 Å². The van der Waals surface area contributed by atoms with Crippen molar-refractivity contribution in [2.45, 2.75) is 37.6 Å². The summed E-state index contributed by atoms with van der Waals surface area (Å²) in [5.41, 5.74) is 0.576. The molecule has 2 atom stereocenters. The largest absolute Gasteiger partial charge is 0.480 e. The van der Waals surface area contributed by atoms with Crippen molar-refractivity contribution >= 4 is 16.0 Å². The van der Waals surface area contributed by atoms with Gasteiger partial charge in [-0.25, -0.2) is 8.42 Å². The van der Waals surface area contributed by atoms with E-state index in [9.17, 15) is 18.3 Å². The first-order valence-electron chi connectivity index (χ1n) is 6.92. The van der Waals surface area contributed by atoms with Crippen molar-refractivity contribution in [3.8, 4) is 6.07 Å². The van der Waals surface area contributed by atoms with Crippen molar-refractivity contribution < 1.29 is 18.3 Å². The first-order chi connectivity index (χ1) is 10.3. The summed E-state index contributed by atoms with van der Waals surface area (Å²) >= 11 is 0. The summed E-state index contributed by atoms with van der Waals surface area (Å²) in [6, 6.07) is 6.85. The van der Waals surface area contributed by atoms with Gasteiger partial charge < -0.3 is 5.11 Å². The quantitative estimate of drug-likeness (QED) is 0.825. The Labute approximate surface area is 131 Å². The number of hydrogen-bond donors (Lipinski definition) is 1. The van der Waals surface area contributed by atoms with Gasteiger partial charge in [-0.2, -0.15) is 9.57 Å². The summed E-state index contributed by atoms with van der Waals surface area (Å²) in [6.45, 7) is 3.52.